The Bertz CT molecular complexity index is 795. The molecule has 140 valence electrons. The van der Waals surface area contributed by atoms with E-state index in [0.717, 1.165) is 22.6 Å². The van der Waals surface area contributed by atoms with Gasteiger partial charge in [0.1, 0.15) is 0 Å². The van der Waals surface area contributed by atoms with Crippen LogP contribution in [0.1, 0.15) is 44.0 Å². The molecule has 1 N–H and O–H groups in total. The molecule has 2 aromatic rings. The van der Waals surface area contributed by atoms with Gasteiger partial charge in [-0.15, -0.1) is 0 Å². The van der Waals surface area contributed by atoms with Crippen molar-refractivity contribution < 1.29 is 14.3 Å². The number of nitrogens with zero attached hydrogens (tertiary/aromatic N) is 1. The number of hydrogen-bond acceptors (Lipinski definition) is 5. The lowest BCUT2D eigenvalue weighted by Crippen LogP contribution is -2.32. The maximum absolute atomic E-state index is 12.4. The summed E-state index contributed by atoms with van der Waals surface area (Å²) in [7, 11) is 0. The van der Waals surface area contributed by atoms with Gasteiger partial charge in [-0.2, -0.15) is 0 Å². The molecule has 6 nitrogen and oxygen atoms in total. The van der Waals surface area contributed by atoms with Gasteiger partial charge < -0.3 is 14.6 Å². The Labute approximate surface area is 156 Å². The number of benzene rings is 1. The fourth-order valence-electron chi connectivity index (χ4n) is 2.57. The molecule has 1 heterocycles. The van der Waals surface area contributed by atoms with Crippen LogP contribution in [0.2, 0.25) is 0 Å². The van der Waals surface area contributed by atoms with Crippen LogP contribution < -0.4 is 10.2 Å². The van der Waals surface area contributed by atoms with Crippen molar-refractivity contribution in [3.63, 3.8) is 0 Å². The van der Waals surface area contributed by atoms with Gasteiger partial charge in [-0.25, -0.2) is 0 Å². The number of aryl methyl sites for hydroxylation is 1. The van der Waals surface area contributed by atoms with Gasteiger partial charge >= 0.3 is 10.8 Å². The van der Waals surface area contributed by atoms with Crippen molar-refractivity contribution in [3.05, 3.63) is 56.6 Å². The van der Waals surface area contributed by atoms with E-state index >= 15 is 0 Å². The van der Waals surface area contributed by atoms with Gasteiger partial charge in [-0.1, -0.05) is 41.7 Å². The largest absolute Gasteiger partial charge is 0.463 e. The van der Waals surface area contributed by atoms with Gasteiger partial charge in [0, 0.05) is 24.0 Å². The molecule has 1 atom stereocenters. The Morgan fingerprint density at radius 2 is 1.92 bits per heavy atom. The number of carbonyl (C=O) groups excluding carboxylic acids is 2. The van der Waals surface area contributed by atoms with E-state index in [9.17, 15) is 14.4 Å². The minimum absolute atomic E-state index is 0.0609. The van der Waals surface area contributed by atoms with Gasteiger partial charge in [0.25, 0.3) is 0 Å². The molecular formula is C19H24N2O4S. The molecule has 2 rings (SSSR count). The van der Waals surface area contributed by atoms with Crippen molar-refractivity contribution in [2.45, 2.75) is 52.3 Å². The molecule has 26 heavy (non-hydrogen) atoms. The van der Waals surface area contributed by atoms with Gasteiger partial charge in [-0.3, -0.25) is 14.4 Å². The molecule has 7 heteroatoms. The van der Waals surface area contributed by atoms with Crippen LogP contribution in [-0.2, 0) is 20.9 Å². The number of ether oxygens (including phenoxy) is 1. The average Bonchev–Trinajstić information content (AvgIpc) is 2.90. The quantitative estimate of drug-likeness (QED) is 0.719. The van der Waals surface area contributed by atoms with E-state index in [2.05, 4.69) is 5.32 Å². The van der Waals surface area contributed by atoms with E-state index in [4.69, 9.17) is 4.74 Å². The number of amides is 1. The molecule has 0 radical (unpaired) electrons. The van der Waals surface area contributed by atoms with Crippen LogP contribution in [0.3, 0.4) is 0 Å². The lowest BCUT2D eigenvalue weighted by Gasteiger charge is -2.19. The Kier molecular flexibility index (Phi) is 7.15. The fraction of sp³-hybridized carbons (Fsp3) is 0.421. The van der Waals surface area contributed by atoms with Crippen molar-refractivity contribution >= 4 is 23.2 Å². The van der Waals surface area contributed by atoms with E-state index in [1.165, 1.54) is 0 Å². The van der Waals surface area contributed by atoms with E-state index in [1.807, 2.05) is 37.3 Å². The molecule has 0 aliphatic heterocycles. The van der Waals surface area contributed by atoms with E-state index in [-0.39, 0.29) is 35.7 Å². The first-order valence-corrected chi connectivity index (χ1v) is 9.43. The highest BCUT2D eigenvalue weighted by Gasteiger charge is 2.20. The second kappa shape index (κ2) is 9.33. The normalized spacial score (nSPS) is 12.0. The summed E-state index contributed by atoms with van der Waals surface area (Å²) in [6, 6.07) is 8.85. The molecule has 1 aromatic heterocycles. The summed E-state index contributed by atoms with van der Waals surface area (Å²) in [6.45, 7) is 5.73. The number of hydrogen-bond donors (Lipinski definition) is 1. The zero-order valence-corrected chi connectivity index (χ0v) is 16.0. The first-order valence-electron chi connectivity index (χ1n) is 8.55. The topological polar surface area (TPSA) is 77.4 Å². The second-order valence-electron chi connectivity index (χ2n) is 6.32. The van der Waals surface area contributed by atoms with Crippen LogP contribution in [-0.4, -0.2) is 22.5 Å². The third-order valence-corrected chi connectivity index (χ3v) is 4.69. The van der Waals surface area contributed by atoms with Crippen LogP contribution in [0.4, 0.5) is 0 Å². The highest BCUT2D eigenvalue weighted by molar-refractivity contribution is 7.07. The van der Waals surface area contributed by atoms with Gasteiger partial charge in [-0.05, 0) is 26.3 Å². The van der Waals surface area contributed by atoms with Crippen LogP contribution in [0.5, 0.6) is 0 Å². The lowest BCUT2D eigenvalue weighted by molar-refractivity contribution is -0.148. The Morgan fingerprint density at radius 3 is 2.50 bits per heavy atom. The summed E-state index contributed by atoms with van der Waals surface area (Å²) in [5, 5.41) is 4.66. The van der Waals surface area contributed by atoms with Gasteiger partial charge in [0.2, 0.25) is 5.91 Å². The monoisotopic (exact) mass is 376 g/mol. The summed E-state index contributed by atoms with van der Waals surface area (Å²) < 4.78 is 6.78. The average molecular weight is 376 g/mol. The van der Waals surface area contributed by atoms with Gasteiger partial charge in [0.15, 0.2) is 0 Å². The zero-order chi connectivity index (χ0) is 19.1. The standard InChI is InChI=1S/C19H24N2O4S/c1-13(2)25-18(23)11-16(15-7-5-4-6-8-15)20-17(22)9-10-21-14(3)12-26-19(21)24/h4-8,12-13,16H,9-11H2,1-3H3,(H,20,22). The maximum Gasteiger partial charge on any atom is 0.308 e. The number of rotatable bonds is 8. The van der Waals surface area contributed by atoms with Crippen LogP contribution in [0.15, 0.2) is 40.5 Å². The molecular weight excluding hydrogens is 352 g/mol. The van der Waals surface area contributed by atoms with Gasteiger partial charge in [0.05, 0.1) is 18.6 Å². The van der Waals surface area contributed by atoms with Crippen molar-refractivity contribution in [2.24, 2.45) is 0 Å². The highest BCUT2D eigenvalue weighted by atomic mass is 32.1. The van der Waals surface area contributed by atoms with Crippen LogP contribution >= 0.6 is 11.3 Å². The summed E-state index contributed by atoms with van der Waals surface area (Å²) in [5.41, 5.74) is 1.68. The number of nitrogens with one attached hydrogen (secondary N) is 1. The predicted octanol–water partition coefficient (Wildman–Crippen LogP) is 2.81. The minimum Gasteiger partial charge on any atom is -0.463 e. The van der Waals surface area contributed by atoms with Crippen molar-refractivity contribution in [2.75, 3.05) is 0 Å². The third kappa shape index (κ3) is 5.84. The summed E-state index contributed by atoms with van der Waals surface area (Å²) in [4.78, 5) is 36.1. The third-order valence-electron chi connectivity index (χ3n) is 3.81. The first-order chi connectivity index (χ1) is 12.4. The molecule has 1 amide bonds. The Balaban J connectivity index is 2.02. The minimum atomic E-state index is -0.463. The molecule has 0 aliphatic carbocycles. The molecule has 0 bridgehead atoms. The Morgan fingerprint density at radius 1 is 1.23 bits per heavy atom. The molecule has 0 aliphatic rings. The van der Waals surface area contributed by atoms with E-state index in [0.29, 0.717) is 6.54 Å². The molecule has 0 spiro atoms. The maximum atomic E-state index is 12.4. The summed E-state index contributed by atoms with van der Waals surface area (Å²) in [5.74, 6) is -0.576. The second-order valence-corrected chi connectivity index (χ2v) is 7.14. The number of thiazole rings is 1. The van der Waals surface area contributed by atoms with Crippen molar-refractivity contribution in [1.29, 1.82) is 0 Å². The number of esters is 1. The summed E-state index contributed by atoms with van der Waals surface area (Å²) >= 11 is 1.12. The van der Waals surface area contributed by atoms with E-state index < -0.39 is 6.04 Å². The van der Waals surface area contributed by atoms with Crippen LogP contribution in [0, 0.1) is 6.92 Å². The van der Waals surface area contributed by atoms with E-state index in [1.54, 1.807) is 23.8 Å². The fourth-order valence-corrected chi connectivity index (χ4v) is 3.33. The van der Waals surface area contributed by atoms with Crippen molar-refractivity contribution in [3.8, 4) is 0 Å². The zero-order valence-electron chi connectivity index (χ0n) is 15.2. The molecule has 1 aromatic carbocycles. The number of carbonyl (C=O) groups is 2. The van der Waals surface area contributed by atoms with Crippen molar-refractivity contribution in [1.82, 2.24) is 9.88 Å². The smallest absolute Gasteiger partial charge is 0.308 e. The SMILES string of the molecule is Cc1csc(=O)n1CCC(=O)NC(CC(=O)OC(C)C)c1ccccc1. The molecule has 0 saturated heterocycles. The summed E-state index contributed by atoms with van der Waals surface area (Å²) in [6.07, 6.45) is 0.0221. The Hall–Kier alpha value is -2.41. The molecule has 0 saturated carbocycles. The lowest BCUT2D eigenvalue weighted by atomic mass is 10.0. The highest BCUT2D eigenvalue weighted by Crippen LogP contribution is 2.18. The first kappa shape index (κ1) is 19.9. The predicted molar refractivity (Wildman–Crippen MR) is 101 cm³/mol. The molecule has 1 unspecified atom stereocenters. The number of aromatic nitrogens is 1. The van der Waals surface area contributed by atoms with Crippen LogP contribution in [0.25, 0.3) is 0 Å². The molecule has 0 fully saturated rings.